The van der Waals surface area contributed by atoms with Crippen LogP contribution in [0.4, 0.5) is 0 Å². The van der Waals surface area contributed by atoms with Crippen molar-refractivity contribution < 1.29 is 0 Å². The van der Waals surface area contributed by atoms with Crippen molar-refractivity contribution in [2.24, 2.45) is 5.10 Å². The molecule has 0 radical (unpaired) electrons. The molecule has 0 spiro atoms. The van der Waals surface area contributed by atoms with Crippen LogP contribution in [-0.4, -0.2) is 21.1 Å². The fourth-order valence-electron chi connectivity index (χ4n) is 0.986. The number of aromatic amines is 1. The van der Waals surface area contributed by atoms with E-state index in [1.165, 1.54) is 4.68 Å². The summed E-state index contributed by atoms with van der Waals surface area (Å²) in [5.41, 5.74) is -0.324. The summed E-state index contributed by atoms with van der Waals surface area (Å²) in [7, 11) is 0. The fourth-order valence-corrected chi connectivity index (χ4v) is 1.57. The van der Waals surface area contributed by atoms with Gasteiger partial charge in [-0.25, -0.2) is 9.89 Å². The van der Waals surface area contributed by atoms with E-state index in [1.807, 2.05) is 17.5 Å². The van der Waals surface area contributed by atoms with Gasteiger partial charge < -0.3 is 0 Å². The molecule has 2 aromatic rings. The third kappa shape index (κ3) is 1.64. The van der Waals surface area contributed by atoms with Gasteiger partial charge in [-0.2, -0.15) is 14.9 Å². The molecule has 2 heterocycles. The van der Waals surface area contributed by atoms with E-state index in [2.05, 4.69) is 15.3 Å². The number of hydrogen-bond acceptors (Lipinski definition) is 4. The largest absolute Gasteiger partial charge is 0.364 e. The Morgan fingerprint density at radius 3 is 3.14 bits per heavy atom. The Bertz CT molecular complexity index is 494. The molecule has 0 fully saturated rings. The molecule has 1 N–H and O–H groups in total. The lowest BCUT2D eigenvalue weighted by atomic mass is 10.5. The second-order valence-electron chi connectivity index (χ2n) is 2.65. The average Bonchev–Trinajstić information content (AvgIpc) is 2.76. The third-order valence-corrected chi connectivity index (χ3v) is 2.46. The van der Waals surface area contributed by atoms with E-state index in [4.69, 9.17) is 0 Å². The summed E-state index contributed by atoms with van der Waals surface area (Å²) in [6, 6.07) is 3.85. The molecule has 0 saturated heterocycles. The standard InChI is InChI=1S/C8H8N4OS/c1-6-10-11-8(13)12(6)9-5-7-3-2-4-14-7/h2-5H,1H3,(H,11,13)/b9-5+. The van der Waals surface area contributed by atoms with E-state index in [-0.39, 0.29) is 5.69 Å². The first kappa shape index (κ1) is 8.89. The van der Waals surface area contributed by atoms with Crippen LogP contribution in [0, 0.1) is 6.92 Å². The second kappa shape index (κ2) is 3.59. The third-order valence-electron chi connectivity index (χ3n) is 1.66. The molecule has 0 saturated carbocycles. The Morgan fingerprint density at radius 1 is 1.71 bits per heavy atom. The van der Waals surface area contributed by atoms with E-state index in [9.17, 15) is 4.79 Å². The van der Waals surface area contributed by atoms with E-state index in [1.54, 1.807) is 24.5 Å². The van der Waals surface area contributed by atoms with Gasteiger partial charge in [-0.05, 0) is 18.4 Å². The van der Waals surface area contributed by atoms with E-state index in [0.717, 1.165) is 4.88 Å². The average molecular weight is 208 g/mol. The normalized spacial score (nSPS) is 11.2. The van der Waals surface area contributed by atoms with Crippen LogP contribution < -0.4 is 5.69 Å². The molecule has 14 heavy (non-hydrogen) atoms. The molecule has 2 rings (SSSR count). The highest BCUT2D eigenvalue weighted by Crippen LogP contribution is 2.04. The van der Waals surface area contributed by atoms with Crippen LogP contribution in [-0.2, 0) is 0 Å². The van der Waals surface area contributed by atoms with Crippen LogP contribution in [0.5, 0.6) is 0 Å². The maximum absolute atomic E-state index is 11.1. The highest BCUT2D eigenvalue weighted by atomic mass is 32.1. The summed E-state index contributed by atoms with van der Waals surface area (Å²) < 4.78 is 1.22. The number of rotatable bonds is 2. The topological polar surface area (TPSA) is 63.0 Å². The van der Waals surface area contributed by atoms with Crippen LogP contribution in [0.25, 0.3) is 0 Å². The van der Waals surface area contributed by atoms with Gasteiger partial charge in [0.05, 0.1) is 6.21 Å². The minimum atomic E-state index is -0.324. The van der Waals surface area contributed by atoms with E-state index in [0.29, 0.717) is 5.82 Å². The number of hydrogen-bond donors (Lipinski definition) is 1. The predicted octanol–water partition coefficient (Wildman–Crippen LogP) is 0.824. The zero-order chi connectivity index (χ0) is 9.97. The molecule has 0 unspecified atom stereocenters. The highest BCUT2D eigenvalue weighted by Gasteiger charge is 1.99. The number of thiophene rings is 1. The summed E-state index contributed by atoms with van der Waals surface area (Å²) in [6.07, 6.45) is 1.63. The van der Waals surface area contributed by atoms with Gasteiger partial charge >= 0.3 is 5.69 Å². The molecule has 0 bridgehead atoms. The lowest BCUT2D eigenvalue weighted by Crippen LogP contribution is -2.13. The number of aromatic nitrogens is 3. The van der Waals surface area contributed by atoms with Crippen molar-refractivity contribution in [3.05, 3.63) is 38.7 Å². The molecule has 0 aliphatic rings. The van der Waals surface area contributed by atoms with Gasteiger partial charge in [0.15, 0.2) is 5.82 Å². The Morgan fingerprint density at radius 2 is 2.57 bits per heavy atom. The summed E-state index contributed by atoms with van der Waals surface area (Å²) in [5.74, 6) is 0.544. The molecule has 0 amide bonds. The maximum atomic E-state index is 11.1. The maximum Gasteiger partial charge on any atom is 0.364 e. The van der Waals surface area contributed by atoms with Gasteiger partial charge in [-0.1, -0.05) is 6.07 Å². The zero-order valence-electron chi connectivity index (χ0n) is 7.47. The molecular weight excluding hydrogens is 200 g/mol. The number of nitrogens with one attached hydrogen (secondary N) is 1. The van der Waals surface area contributed by atoms with Crippen LogP contribution >= 0.6 is 11.3 Å². The lowest BCUT2D eigenvalue weighted by Gasteiger charge is -1.90. The molecule has 0 aliphatic carbocycles. The number of aryl methyl sites for hydroxylation is 1. The van der Waals surface area contributed by atoms with Gasteiger partial charge in [0.25, 0.3) is 0 Å². The molecule has 2 aromatic heterocycles. The van der Waals surface area contributed by atoms with Crippen molar-refractivity contribution in [3.8, 4) is 0 Å². The van der Waals surface area contributed by atoms with Gasteiger partial charge in [0.2, 0.25) is 0 Å². The molecule has 72 valence electrons. The van der Waals surface area contributed by atoms with Crippen molar-refractivity contribution in [1.29, 1.82) is 0 Å². The molecule has 0 aromatic carbocycles. The van der Waals surface area contributed by atoms with Gasteiger partial charge in [-0.15, -0.1) is 11.3 Å². The minimum Gasteiger partial charge on any atom is -0.244 e. The minimum absolute atomic E-state index is 0.324. The first-order valence-corrected chi connectivity index (χ1v) is 4.87. The predicted molar refractivity (Wildman–Crippen MR) is 54.9 cm³/mol. The number of nitrogens with zero attached hydrogens (tertiary/aromatic N) is 3. The number of H-pyrrole nitrogens is 1. The Kier molecular flexibility index (Phi) is 2.28. The summed E-state index contributed by atoms with van der Waals surface area (Å²) >= 11 is 1.56. The highest BCUT2D eigenvalue weighted by molar-refractivity contribution is 7.11. The van der Waals surface area contributed by atoms with E-state index < -0.39 is 0 Å². The zero-order valence-corrected chi connectivity index (χ0v) is 8.28. The van der Waals surface area contributed by atoms with E-state index >= 15 is 0 Å². The SMILES string of the molecule is Cc1n[nH]c(=O)n1/N=C/c1cccs1. The quantitative estimate of drug-likeness (QED) is 0.743. The van der Waals surface area contributed by atoms with Crippen molar-refractivity contribution >= 4 is 17.6 Å². The monoisotopic (exact) mass is 208 g/mol. The fraction of sp³-hybridized carbons (Fsp3) is 0.125. The molecule has 0 atom stereocenters. The first-order chi connectivity index (χ1) is 6.77. The summed E-state index contributed by atoms with van der Waals surface area (Å²) in [4.78, 5) is 12.1. The molecule has 5 nitrogen and oxygen atoms in total. The van der Waals surface area contributed by atoms with Gasteiger partial charge in [0.1, 0.15) is 0 Å². The van der Waals surface area contributed by atoms with Crippen LogP contribution in [0.3, 0.4) is 0 Å². The second-order valence-corrected chi connectivity index (χ2v) is 3.63. The molecular formula is C8H8N4OS. The Hall–Kier alpha value is -1.69. The van der Waals surface area contributed by atoms with Crippen molar-refractivity contribution in [1.82, 2.24) is 14.9 Å². The first-order valence-electron chi connectivity index (χ1n) is 3.99. The van der Waals surface area contributed by atoms with Gasteiger partial charge in [-0.3, -0.25) is 0 Å². The smallest absolute Gasteiger partial charge is 0.244 e. The molecule has 0 aliphatic heterocycles. The Labute approximate surface area is 83.7 Å². The Balaban J connectivity index is 2.31. The van der Waals surface area contributed by atoms with Crippen molar-refractivity contribution in [3.63, 3.8) is 0 Å². The van der Waals surface area contributed by atoms with Crippen LogP contribution in [0.2, 0.25) is 0 Å². The van der Waals surface area contributed by atoms with Crippen LogP contribution in [0.15, 0.2) is 27.4 Å². The molecule has 6 heteroatoms. The van der Waals surface area contributed by atoms with Crippen molar-refractivity contribution in [2.75, 3.05) is 0 Å². The van der Waals surface area contributed by atoms with Gasteiger partial charge in [0, 0.05) is 4.88 Å². The summed E-state index contributed by atoms with van der Waals surface area (Å²) in [6.45, 7) is 1.71. The van der Waals surface area contributed by atoms with Crippen molar-refractivity contribution in [2.45, 2.75) is 6.92 Å². The lowest BCUT2D eigenvalue weighted by molar-refractivity contribution is 0.800. The summed E-state index contributed by atoms with van der Waals surface area (Å²) in [5, 5.41) is 12.0. The van der Waals surface area contributed by atoms with Crippen LogP contribution in [0.1, 0.15) is 10.7 Å².